The van der Waals surface area contributed by atoms with Gasteiger partial charge in [-0.15, -0.1) is 0 Å². The zero-order valence-corrected chi connectivity index (χ0v) is 38.6. The average molecular weight is 949 g/mol. The van der Waals surface area contributed by atoms with Crippen molar-refractivity contribution in [1.29, 1.82) is 0 Å². The van der Waals surface area contributed by atoms with Crippen molar-refractivity contribution in [2.24, 2.45) is 5.92 Å². The first-order valence-electron chi connectivity index (χ1n) is 22.7. The van der Waals surface area contributed by atoms with E-state index in [-0.39, 0.29) is 83.0 Å². The maximum atomic E-state index is 13.7. The fourth-order valence-corrected chi connectivity index (χ4v) is 8.13. The molecule has 7 N–H and O–H groups in total. The van der Waals surface area contributed by atoms with Crippen molar-refractivity contribution in [3.05, 3.63) is 83.4 Å². The van der Waals surface area contributed by atoms with E-state index in [1.165, 1.54) is 0 Å². The van der Waals surface area contributed by atoms with Gasteiger partial charge in [0.05, 0.1) is 26.2 Å². The van der Waals surface area contributed by atoms with Crippen LogP contribution in [0.2, 0.25) is 0 Å². The van der Waals surface area contributed by atoms with Crippen molar-refractivity contribution in [2.75, 3.05) is 85.1 Å². The molecule has 2 aliphatic heterocycles. The summed E-state index contributed by atoms with van der Waals surface area (Å²) < 4.78 is 0. The molecule has 68 heavy (non-hydrogen) atoms. The topological polar surface area (TPSA) is 287 Å². The highest BCUT2D eigenvalue weighted by Gasteiger charge is 2.29. The molecule has 370 valence electrons. The smallest absolute Gasteiger partial charge is 0.326 e. The van der Waals surface area contributed by atoms with Gasteiger partial charge < -0.3 is 41.3 Å². The number of imide groups is 1. The van der Waals surface area contributed by atoms with E-state index in [0.29, 0.717) is 50.3 Å². The summed E-state index contributed by atoms with van der Waals surface area (Å²) in [6.45, 7) is 5.89. The molecule has 3 unspecified atom stereocenters. The van der Waals surface area contributed by atoms with Crippen LogP contribution in [0.5, 0.6) is 0 Å². The SMILES string of the molecule is CC(C)CN1CCN(CC(=O)O)CCN(CC(=O)O)CC(Cc2ccc(C(=O)NC(Cc3ccccc3)C(=O)NCC(=O)NC(CCCCN3C(=O)C=CC3=O)C(=O)O)cc2)N(CC(=O)O)CC1. The lowest BCUT2D eigenvalue weighted by Crippen LogP contribution is -2.53. The lowest BCUT2D eigenvalue weighted by Gasteiger charge is -2.38. The number of carboxylic acid groups (broad SMARTS) is 4. The standard InChI is InChI=1S/C47H64N8O13/c1-32(2)27-51-18-19-52(29-42(59)60)20-21-53(30-43(61)62)28-36(54(23-22-51)31-44(63)64)24-34-11-13-35(14-12-34)45(65)50-38(25-33-8-4-3-5-9-33)46(66)48-26-39(56)49-37(47(67)68)10-6-7-17-55-40(57)15-16-41(55)58/h3-5,8-9,11-16,32,36-38H,6-7,10,17-31H2,1-2H3,(H,48,66)(H,49,56)(H,50,65)(H,59,60)(H,61,62)(H,63,64)(H,67,68). The van der Waals surface area contributed by atoms with Gasteiger partial charge >= 0.3 is 23.9 Å². The predicted molar refractivity (Wildman–Crippen MR) is 246 cm³/mol. The van der Waals surface area contributed by atoms with Gasteiger partial charge in [-0.2, -0.15) is 0 Å². The molecule has 2 aromatic carbocycles. The fourth-order valence-electron chi connectivity index (χ4n) is 8.13. The van der Waals surface area contributed by atoms with Crippen molar-refractivity contribution in [1.82, 2.24) is 40.4 Å². The van der Waals surface area contributed by atoms with Crippen LogP contribution < -0.4 is 16.0 Å². The number of rotatable bonds is 24. The first kappa shape index (κ1) is 54.1. The van der Waals surface area contributed by atoms with Crippen molar-refractivity contribution >= 4 is 53.4 Å². The molecule has 5 amide bonds. The van der Waals surface area contributed by atoms with Gasteiger partial charge in [0.15, 0.2) is 0 Å². The Hall–Kier alpha value is -6.55. The molecule has 0 bridgehead atoms. The third-order valence-electron chi connectivity index (χ3n) is 11.5. The van der Waals surface area contributed by atoms with Gasteiger partial charge in [0, 0.05) is 89.1 Å². The van der Waals surface area contributed by atoms with Crippen LogP contribution in [0.4, 0.5) is 0 Å². The van der Waals surface area contributed by atoms with Gasteiger partial charge in [-0.25, -0.2) is 4.79 Å². The Morgan fingerprint density at radius 2 is 1.25 bits per heavy atom. The summed E-state index contributed by atoms with van der Waals surface area (Å²) in [6.07, 6.45) is 3.21. The Balaban J connectivity index is 1.46. The molecular formula is C47H64N8O13. The number of carbonyl (C=O) groups excluding carboxylic acids is 5. The van der Waals surface area contributed by atoms with Crippen molar-refractivity contribution < 1.29 is 63.6 Å². The summed E-state index contributed by atoms with van der Waals surface area (Å²) >= 11 is 0. The number of aliphatic carboxylic acids is 4. The second-order valence-electron chi connectivity index (χ2n) is 17.5. The lowest BCUT2D eigenvalue weighted by atomic mass is 10.0. The molecule has 0 aromatic heterocycles. The monoisotopic (exact) mass is 948 g/mol. The Bertz CT molecular complexity index is 2080. The summed E-state index contributed by atoms with van der Waals surface area (Å²) in [6, 6.07) is 12.4. The zero-order chi connectivity index (χ0) is 49.8. The summed E-state index contributed by atoms with van der Waals surface area (Å²) in [5.74, 6) is -7.18. The largest absolute Gasteiger partial charge is 0.480 e. The number of carbonyl (C=O) groups is 9. The van der Waals surface area contributed by atoms with Gasteiger partial charge in [0.1, 0.15) is 12.1 Å². The highest BCUT2D eigenvalue weighted by atomic mass is 16.4. The van der Waals surface area contributed by atoms with Gasteiger partial charge in [0.25, 0.3) is 17.7 Å². The Morgan fingerprint density at radius 1 is 0.662 bits per heavy atom. The minimum atomic E-state index is -1.31. The van der Waals surface area contributed by atoms with E-state index < -0.39 is 78.1 Å². The maximum Gasteiger partial charge on any atom is 0.326 e. The van der Waals surface area contributed by atoms with Crippen LogP contribution in [0.3, 0.4) is 0 Å². The predicted octanol–water partition coefficient (Wildman–Crippen LogP) is -0.149. The molecule has 2 aliphatic rings. The number of nitrogens with zero attached hydrogens (tertiary/aromatic N) is 5. The first-order chi connectivity index (χ1) is 32.4. The van der Waals surface area contributed by atoms with Gasteiger partial charge in [-0.1, -0.05) is 56.3 Å². The molecule has 21 nitrogen and oxygen atoms in total. The highest BCUT2D eigenvalue weighted by Crippen LogP contribution is 2.16. The third kappa shape index (κ3) is 19.0. The summed E-state index contributed by atoms with van der Waals surface area (Å²) in [4.78, 5) is 120. The highest BCUT2D eigenvalue weighted by molar-refractivity contribution is 6.12. The second kappa shape index (κ2) is 27.3. The maximum absolute atomic E-state index is 13.7. The quantitative estimate of drug-likeness (QED) is 0.0532. The van der Waals surface area contributed by atoms with Crippen LogP contribution in [0.1, 0.15) is 54.6 Å². The zero-order valence-electron chi connectivity index (χ0n) is 38.6. The van der Waals surface area contributed by atoms with Crippen LogP contribution in [0.15, 0.2) is 66.7 Å². The van der Waals surface area contributed by atoms with Crippen molar-refractivity contribution in [2.45, 2.75) is 64.1 Å². The van der Waals surface area contributed by atoms with Crippen LogP contribution in [-0.4, -0.2) is 202 Å². The second-order valence-corrected chi connectivity index (χ2v) is 17.5. The van der Waals surface area contributed by atoms with E-state index >= 15 is 0 Å². The fraction of sp³-hybridized carbons (Fsp3) is 0.511. The third-order valence-corrected chi connectivity index (χ3v) is 11.5. The van der Waals surface area contributed by atoms with E-state index in [4.69, 9.17) is 0 Å². The molecule has 4 rings (SSSR count). The van der Waals surface area contributed by atoms with Crippen LogP contribution in [0.25, 0.3) is 0 Å². The molecule has 0 saturated carbocycles. The number of amides is 5. The molecule has 21 heteroatoms. The molecule has 1 saturated heterocycles. The summed E-state index contributed by atoms with van der Waals surface area (Å²) in [5, 5.41) is 46.8. The average Bonchev–Trinajstić information content (AvgIpc) is 3.60. The van der Waals surface area contributed by atoms with Gasteiger partial charge in [-0.05, 0) is 54.9 Å². The summed E-state index contributed by atoms with van der Waals surface area (Å²) in [5.41, 5.74) is 1.61. The van der Waals surface area contributed by atoms with Crippen LogP contribution in [0, 0.1) is 5.92 Å². The molecule has 0 radical (unpaired) electrons. The van der Waals surface area contributed by atoms with Gasteiger partial charge in [0.2, 0.25) is 11.8 Å². The number of carboxylic acids is 4. The normalized spacial score (nSPS) is 17.8. The molecule has 0 aliphatic carbocycles. The van der Waals surface area contributed by atoms with E-state index in [0.717, 1.165) is 17.1 Å². The van der Waals surface area contributed by atoms with Crippen molar-refractivity contribution in [3.63, 3.8) is 0 Å². The summed E-state index contributed by atoms with van der Waals surface area (Å²) in [7, 11) is 0. The Labute approximate surface area is 395 Å². The van der Waals surface area contributed by atoms with E-state index in [1.807, 2.05) is 4.90 Å². The molecule has 0 spiro atoms. The number of benzene rings is 2. The van der Waals surface area contributed by atoms with E-state index in [2.05, 4.69) is 34.7 Å². The molecule has 2 aromatic rings. The Kier molecular flexibility index (Phi) is 21.7. The molecule has 3 atom stereocenters. The van der Waals surface area contributed by atoms with Crippen molar-refractivity contribution in [3.8, 4) is 0 Å². The molecular weight excluding hydrogens is 885 g/mol. The first-order valence-corrected chi connectivity index (χ1v) is 22.7. The number of hydrogen-bond acceptors (Lipinski definition) is 13. The lowest BCUT2D eigenvalue weighted by molar-refractivity contribution is -0.142. The van der Waals surface area contributed by atoms with E-state index in [1.54, 1.807) is 64.4 Å². The van der Waals surface area contributed by atoms with Crippen LogP contribution >= 0.6 is 0 Å². The van der Waals surface area contributed by atoms with Crippen LogP contribution in [-0.2, 0) is 51.2 Å². The molecule has 1 fully saturated rings. The number of nitrogens with one attached hydrogen (secondary N) is 3. The number of unbranched alkanes of at least 4 members (excludes halogenated alkanes) is 1. The Morgan fingerprint density at radius 3 is 1.85 bits per heavy atom. The minimum Gasteiger partial charge on any atom is -0.480 e. The minimum absolute atomic E-state index is 0.000778. The van der Waals surface area contributed by atoms with E-state index in [9.17, 15) is 63.6 Å². The van der Waals surface area contributed by atoms with Gasteiger partial charge in [-0.3, -0.25) is 58.0 Å². The molecule has 2 heterocycles. The number of hydrogen-bond donors (Lipinski definition) is 7.